The number of hydrogen-bond acceptors (Lipinski definition) is 3. The maximum atomic E-state index is 11.7. The summed E-state index contributed by atoms with van der Waals surface area (Å²) in [6.45, 7) is 5.56. The van der Waals surface area contributed by atoms with Crippen LogP contribution < -0.4 is 5.32 Å². The van der Waals surface area contributed by atoms with Crippen molar-refractivity contribution in [3.05, 3.63) is 39.9 Å². The van der Waals surface area contributed by atoms with E-state index in [0.29, 0.717) is 0 Å². The highest BCUT2D eigenvalue weighted by molar-refractivity contribution is 5.83. The molecule has 1 aromatic rings. The van der Waals surface area contributed by atoms with Gasteiger partial charge in [-0.25, -0.2) is 0 Å². The topological polar surface area (TPSA) is 72.2 Å². The third-order valence-corrected chi connectivity index (χ3v) is 2.43. The van der Waals surface area contributed by atoms with Crippen molar-refractivity contribution in [3.8, 4) is 0 Å². The fraction of sp³-hybridized carbons (Fsp3) is 0.417. The van der Waals surface area contributed by atoms with Gasteiger partial charge in [0, 0.05) is 18.2 Å². The molecule has 0 aromatic heterocycles. The zero-order valence-electron chi connectivity index (χ0n) is 10.1. The first kappa shape index (κ1) is 13.2. The highest BCUT2D eigenvalue weighted by Gasteiger charge is 2.16. The van der Waals surface area contributed by atoms with Gasteiger partial charge in [-0.1, -0.05) is 12.1 Å². The summed E-state index contributed by atoms with van der Waals surface area (Å²) < 4.78 is 0. The van der Waals surface area contributed by atoms with Crippen molar-refractivity contribution in [2.24, 2.45) is 0 Å². The molecule has 0 aliphatic rings. The average Bonchev–Trinajstić information content (AvgIpc) is 2.27. The average molecular weight is 236 g/mol. The minimum Gasteiger partial charge on any atom is -0.353 e. The Morgan fingerprint density at radius 1 is 1.24 bits per heavy atom. The van der Waals surface area contributed by atoms with Crippen LogP contribution in [-0.2, 0) is 4.79 Å². The van der Waals surface area contributed by atoms with Gasteiger partial charge in [0.15, 0.2) is 0 Å². The van der Waals surface area contributed by atoms with Gasteiger partial charge in [-0.3, -0.25) is 14.9 Å². The predicted octanol–water partition coefficient (Wildman–Crippen LogP) is 2.22. The monoisotopic (exact) mass is 236 g/mol. The predicted molar refractivity (Wildman–Crippen MR) is 64.8 cm³/mol. The second-order valence-corrected chi connectivity index (χ2v) is 4.23. The fourth-order valence-electron chi connectivity index (χ4n) is 1.45. The number of nitro benzene ring substituents is 1. The number of benzene rings is 1. The molecule has 5 heteroatoms. The number of carbonyl (C=O) groups excluding carboxylic acids is 1. The van der Waals surface area contributed by atoms with Crippen LogP contribution in [-0.4, -0.2) is 16.9 Å². The minimum absolute atomic E-state index is 0.0326. The summed E-state index contributed by atoms with van der Waals surface area (Å²) in [6, 6.07) is 6.14. The van der Waals surface area contributed by atoms with Gasteiger partial charge in [0.2, 0.25) is 5.91 Å². The van der Waals surface area contributed by atoms with Gasteiger partial charge in [-0.05, 0) is 26.3 Å². The van der Waals surface area contributed by atoms with E-state index in [-0.39, 0.29) is 23.6 Å². The fourth-order valence-corrected chi connectivity index (χ4v) is 1.45. The summed E-state index contributed by atoms with van der Waals surface area (Å²) in [5, 5.41) is 13.3. The van der Waals surface area contributed by atoms with Gasteiger partial charge >= 0.3 is 0 Å². The largest absolute Gasteiger partial charge is 0.353 e. The minimum atomic E-state index is -0.456. The molecule has 0 spiro atoms. The van der Waals surface area contributed by atoms with Crippen molar-refractivity contribution in [1.29, 1.82) is 0 Å². The third-order valence-electron chi connectivity index (χ3n) is 2.43. The van der Waals surface area contributed by atoms with Crippen LogP contribution in [0.3, 0.4) is 0 Å². The molecule has 0 radical (unpaired) electrons. The van der Waals surface area contributed by atoms with Crippen LogP contribution in [0.25, 0.3) is 0 Å². The summed E-state index contributed by atoms with van der Waals surface area (Å²) in [5.41, 5.74) is 0.805. The molecule has 5 nitrogen and oxygen atoms in total. The zero-order chi connectivity index (χ0) is 13.0. The Kier molecular flexibility index (Phi) is 4.20. The van der Waals surface area contributed by atoms with E-state index in [4.69, 9.17) is 0 Å². The molecule has 92 valence electrons. The van der Waals surface area contributed by atoms with E-state index in [1.54, 1.807) is 19.1 Å². The van der Waals surface area contributed by atoms with E-state index in [9.17, 15) is 14.9 Å². The van der Waals surface area contributed by atoms with Crippen molar-refractivity contribution in [2.45, 2.75) is 32.7 Å². The summed E-state index contributed by atoms with van der Waals surface area (Å²) in [5.74, 6) is -0.382. The van der Waals surface area contributed by atoms with E-state index in [0.717, 1.165) is 5.56 Å². The Morgan fingerprint density at radius 2 is 1.76 bits per heavy atom. The molecular weight excluding hydrogens is 220 g/mol. The molecule has 1 N–H and O–H groups in total. The smallest absolute Gasteiger partial charge is 0.269 e. The first-order valence-electron chi connectivity index (χ1n) is 5.46. The van der Waals surface area contributed by atoms with Crippen LogP contribution >= 0.6 is 0 Å². The second-order valence-electron chi connectivity index (χ2n) is 4.23. The molecule has 0 saturated heterocycles. The van der Waals surface area contributed by atoms with Gasteiger partial charge in [-0.2, -0.15) is 0 Å². The van der Waals surface area contributed by atoms with Crippen LogP contribution in [0.15, 0.2) is 24.3 Å². The lowest BCUT2D eigenvalue weighted by Crippen LogP contribution is -2.33. The van der Waals surface area contributed by atoms with E-state index in [1.165, 1.54) is 12.1 Å². The lowest BCUT2D eigenvalue weighted by Gasteiger charge is -2.14. The SMILES string of the molecule is CC(C)NC(=O)[C@@H](C)c1ccc([N+](=O)[O-])cc1. The molecule has 1 amide bonds. The lowest BCUT2D eigenvalue weighted by atomic mass is 10.00. The van der Waals surface area contributed by atoms with E-state index in [2.05, 4.69) is 5.32 Å². The molecule has 0 bridgehead atoms. The van der Waals surface area contributed by atoms with Crippen LogP contribution in [0.1, 0.15) is 32.3 Å². The van der Waals surface area contributed by atoms with Crippen molar-refractivity contribution in [1.82, 2.24) is 5.32 Å². The number of amides is 1. The van der Waals surface area contributed by atoms with E-state index < -0.39 is 4.92 Å². The first-order chi connectivity index (χ1) is 7.91. The number of hydrogen-bond donors (Lipinski definition) is 1. The number of non-ortho nitro benzene ring substituents is 1. The van der Waals surface area contributed by atoms with Crippen LogP contribution in [0, 0.1) is 10.1 Å². The van der Waals surface area contributed by atoms with Crippen LogP contribution in [0.4, 0.5) is 5.69 Å². The number of carbonyl (C=O) groups is 1. The molecule has 0 heterocycles. The maximum absolute atomic E-state index is 11.7. The maximum Gasteiger partial charge on any atom is 0.269 e. The molecule has 0 fully saturated rings. The van der Waals surface area contributed by atoms with Crippen molar-refractivity contribution < 1.29 is 9.72 Å². The lowest BCUT2D eigenvalue weighted by molar-refractivity contribution is -0.384. The molecule has 0 aliphatic carbocycles. The molecule has 0 unspecified atom stereocenters. The molecule has 1 rings (SSSR count). The van der Waals surface area contributed by atoms with Gasteiger partial charge in [0.05, 0.1) is 10.8 Å². The van der Waals surface area contributed by atoms with Gasteiger partial charge in [0.1, 0.15) is 0 Å². The molecule has 17 heavy (non-hydrogen) atoms. The molecule has 1 aromatic carbocycles. The normalized spacial score (nSPS) is 12.2. The summed E-state index contributed by atoms with van der Waals surface area (Å²) in [4.78, 5) is 21.8. The molecule has 0 saturated carbocycles. The second kappa shape index (κ2) is 5.43. The quantitative estimate of drug-likeness (QED) is 0.643. The summed E-state index contributed by atoms with van der Waals surface area (Å²) in [6.07, 6.45) is 0. The summed E-state index contributed by atoms with van der Waals surface area (Å²) in [7, 11) is 0. The Balaban J connectivity index is 2.79. The van der Waals surface area contributed by atoms with Gasteiger partial charge in [-0.15, -0.1) is 0 Å². The number of nitrogens with one attached hydrogen (secondary N) is 1. The highest BCUT2D eigenvalue weighted by atomic mass is 16.6. The number of nitro groups is 1. The van der Waals surface area contributed by atoms with Gasteiger partial charge < -0.3 is 5.32 Å². The van der Waals surface area contributed by atoms with Crippen molar-refractivity contribution in [3.63, 3.8) is 0 Å². The Hall–Kier alpha value is -1.91. The van der Waals surface area contributed by atoms with Gasteiger partial charge in [0.25, 0.3) is 5.69 Å². The number of rotatable bonds is 4. The van der Waals surface area contributed by atoms with E-state index in [1.807, 2.05) is 13.8 Å². The van der Waals surface area contributed by atoms with Crippen molar-refractivity contribution in [2.75, 3.05) is 0 Å². The standard InChI is InChI=1S/C12H16N2O3/c1-8(2)13-12(15)9(3)10-4-6-11(7-5-10)14(16)17/h4-9H,1-3H3,(H,13,15)/t9-/m0/s1. The van der Waals surface area contributed by atoms with E-state index >= 15 is 0 Å². The molecule has 0 aliphatic heterocycles. The molecule has 1 atom stereocenters. The molecular formula is C12H16N2O3. The first-order valence-corrected chi connectivity index (χ1v) is 5.46. The van der Waals surface area contributed by atoms with Crippen LogP contribution in [0.5, 0.6) is 0 Å². The highest BCUT2D eigenvalue weighted by Crippen LogP contribution is 2.19. The zero-order valence-corrected chi connectivity index (χ0v) is 10.1. The van der Waals surface area contributed by atoms with Crippen molar-refractivity contribution >= 4 is 11.6 Å². The van der Waals surface area contributed by atoms with Crippen LogP contribution in [0.2, 0.25) is 0 Å². The number of nitrogens with zero attached hydrogens (tertiary/aromatic N) is 1. The Morgan fingerprint density at radius 3 is 2.18 bits per heavy atom. The summed E-state index contributed by atoms with van der Waals surface area (Å²) >= 11 is 0. The Labute approximate surface area is 100.0 Å². The Bertz CT molecular complexity index is 412. The third kappa shape index (κ3) is 3.55.